The summed E-state index contributed by atoms with van der Waals surface area (Å²) in [5, 5.41) is 2.41. The second-order valence-electron chi connectivity index (χ2n) is 12.5. The van der Waals surface area contributed by atoms with Crippen LogP contribution in [0.25, 0.3) is 0 Å². The second-order valence-corrected chi connectivity index (χ2v) is 12.5. The van der Waals surface area contributed by atoms with Crippen LogP contribution in [0.1, 0.15) is 82.6 Å². The van der Waals surface area contributed by atoms with Crippen molar-refractivity contribution in [2.75, 3.05) is 13.1 Å². The maximum absolute atomic E-state index is 13.9. The van der Waals surface area contributed by atoms with Gasteiger partial charge in [-0.2, -0.15) is 0 Å². The molecule has 0 bridgehead atoms. The number of ether oxygens (including phenoxy) is 1. The van der Waals surface area contributed by atoms with E-state index in [-0.39, 0.29) is 35.3 Å². The van der Waals surface area contributed by atoms with E-state index < -0.39 is 0 Å². The SMILES string of the molecule is Cc1cc(F)cc(C2CCN(Cc3ccc(COc4cccc5c4CCC(CC4CCC(=O)NC4=O)C5=O)cc3)CC2)c1. The Kier molecular flexibility index (Phi) is 8.70. The molecule has 3 aromatic carbocycles. The zero-order valence-corrected chi connectivity index (χ0v) is 24.7. The highest BCUT2D eigenvalue weighted by molar-refractivity contribution is 6.02. The van der Waals surface area contributed by atoms with Gasteiger partial charge in [0, 0.05) is 35.9 Å². The van der Waals surface area contributed by atoms with E-state index in [9.17, 15) is 18.8 Å². The number of piperidine rings is 2. The Hall–Kier alpha value is -3.84. The van der Waals surface area contributed by atoms with Gasteiger partial charge >= 0.3 is 0 Å². The van der Waals surface area contributed by atoms with Gasteiger partial charge in [-0.05, 0) is 105 Å². The first-order valence-electron chi connectivity index (χ1n) is 15.5. The van der Waals surface area contributed by atoms with E-state index in [1.165, 1.54) is 5.56 Å². The molecule has 2 aliphatic heterocycles. The molecule has 3 aliphatic rings. The van der Waals surface area contributed by atoms with Crippen LogP contribution >= 0.6 is 0 Å². The standard InChI is InChI=1S/C36H39FN2O4/c1-23-17-29(20-30(37)18-23)26-13-15-39(16-14-26)21-24-5-7-25(8-6-24)22-43-33-4-2-3-32-31(33)11-9-27(35(32)41)19-28-10-12-34(40)38-36(28)42/h2-8,17-18,20,26-28H,9-16,19,21-22H2,1H3,(H,38,40,42). The van der Waals surface area contributed by atoms with Crippen LogP contribution in [0, 0.1) is 24.6 Å². The van der Waals surface area contributed by atoms with Crippen molar-refractivity contribution in [2.24, 2.45) is 11.8 Å². The molecule has 2 unspecified atom stereocenters. The molecule has 2 saturated heterocycles. The van der Waals surface area contributed by atoms with E-state index in [0.29, 0.717) is 43.8 Å². The molecule has 6 nitrogen and oxygen atoms in total. The molecule has 2 fully saturated rings. The summed E-state index contributed by atoms with van der Waals surface area (Å²) < 4.78 is 20.1. The molecule has 7 heteroatoms. The summed E-state index contributed by atoms with van der Waals surface area (Å²) >= 11 is 0. The third kappa shape index (κ3) is 6.88. The number of amides is 2. The largest absolute Gasteiger partial charge is 0.489 e. The fourth-order valence-corrected chi connectivity index (χ4v) is 6.98. The summed E-state index contributed by atoms with van der Waals surface area (Å²) in [6.07, 6.45) is 4.81. The lowest BCUT2D eigenvalue weighted by atomic mass is 9.76. The maximum atomic E-state index is 13.9. The number of benzene rings is 3. The highest BCUT2D eigenvalue weighted by Crippen LogP contribution is 2.36. The van der Waals surface area contributed by atoms with Crippen molar-refractivity contribution < 1.29 is 23.5 Å². The number of rotatable bonds is 8. The molecule has 0 aromatic heterocycles. The molecule has 1 N–H and O–H groups in total. The highest BCUT2D eigenvalue weighted by atomic mass is 19.1. The molecule has 0 saturated carbocycles. The molecule has 2 amide bonds. The number of nitrogens with one attached hydrogen (secondary N) is 1. The number of likely N-dealkylation sites (tertiary alicyclic amines) is 1. The number of nitrogens with zero attached hydrogens (tertiary/aromatic N) is 1. The van der Waals surface area contributed by atoms with Crippen molar-refractivity contribution in [1.29, 1.82) is 0 Å². The number of carbonyl (C=O) groups excluding carboxylic acids is 3. The fourth-order valence-electron chi connectivity index (χ4n) is 6.98. The Bertz CT molecular complexity index is 1490. The van der Waals surface area contributed by atoms with Crippen molar-refractivity contribution in [3.05, 3.63) is 99.9 Å². The minimum absolute atomic E-state index is 0.0656. The molecule has 2 atom stereocenters. The molecule has 3 aromatic rings. The minimum Gasteiger partial charge on any atom is -0.489 e. The molecule has 6 rings (SSSR count). The first-order chi connectivity index (χ1) is 20.8. The van der Waals surface area contributed by atoms with Crippen molar-refractivity contribution in [1.82, 2.24) is 10.2 Å². The molecule has 43 heavy (non-hydrogen) atoms. The normalized spacial score (nSPS) is 21.4. The van der Waals surface area contributed by atoms with Gasteiger partial charge in [-0.25, -0.2) is 4.39 Å². The van der Waals surface area contributed by atoms with Gasteiger partial charge in [-0.15, -0.1) is 0 Å². The van der Waals surface area contributed by atoms with Crippen LogP contribution in [0.3, 0.4) is 0 Å². The van der Waals surface area contributed by atoms with Gasteiger partial charge in [0.1, 0.15) is 18.2 Å². The van der Waals surface area contributed by atoms with Crippen LogP contribution in [0.5, 0.6) is 5.75 Å². The summed E-state index contributed by atoms with van der Waals surface area (Å²) in [6, 6.07) is 19.6. The zero-order chi connectivity index (χ0) is 29.9. The smallest absolute Gasteiger partial charge is 0.229 e. The molecular weight excluding hydrogens is 543 g/mol. The lowest BCUT2D eigenvalue weighted by Crippen LogP contribution is -2.42. The number of carbonyl (C=O) groups is 3. The first-order valence-corrected chi connectivity index (χ1v) is 15.5. The third-order valence-corrected chi connectivity index (χ3v) is 9.38. The van der Waals surface area contributed by atoms with Crippen LogP contribution in [0.4, 0.5) is 4.39 Å². The summed E-state index contributed by atoms with van der Waals surface area (Å²) in [4.78, 5) is 39.5. The van der Waals surface area contributed by atoms with Crippen molar-refractivity contribution in [2.45, 2.75) is 70.9 Å². The molecule has 0 radical (unpaired) electrons. The van der Waals surface area contributed by atoms with Gasteiger partial charge in [-0.3, -0.25) is 24.6 Å². The highest BCUT2D eigenvalue weighted by Gasteiger charge is 2.35. The molecule has 224 valence electrons. The number of halogens is 1. The number of hydrogen-bond acceptors (Lipinski definition) is 5. The van der Waals surface area contributed by atoms with Gasteiger partial charge in [-0.1, -0.05) is 42.5 Å². The number of imide groups is 1. The Labute approximate surface area is 252 Å². The van der Waals surface area contributed by atoms with E-state index in [4.69, 9.17) is 4.74 Å². The van der Waals surface area contributed by atoms with E-state index >= 15 is 0 Å². The second kappa shape index (κ2) is 12.8. The third-order valence-electron chi connectivity index (χ3n) is 9.38. The lowest BCUT2D eigenvalue weighted by molar-refractivity contribution is -0.136. The topological polar surface area (TPSA) is 75.7 Å². The molecular formula is C36H39FN2O4. The van der Waals surface area contributed by atoms with E-state index in [2.05, 4.69) is 40.5 Å². The van der Waals surface area contributed by atoms with Gasteiger partial charge in [0.25, 0.3) is 0 Å². The Morgan fingerprint density at radius 2 is 1.63 bits per heavy atom. The lowest BCUT2D eigenvalue weighted by Gasteiger charge is -2.32. The molecule has 0 spiro atoms. The summed E-state index contributed by atoms with van der Waals surface area (Å²) in [7, 11) is 0. The van der Waals surface area contributed by atoms with Gasteiger partial charge < -0.3 is 4.74 Å². The summed E-state index contributed by atoms with van der Waals surface area (Å²) in [6.45, 7) is 5.26. The van der Waals surface area contributed by atoms with Gasteiger partial charge in [0.05, 0.1) is 0 Å². The van der Waals surface area contributed by atoms with Gasteiger partial charge in [0.2, 0.25) is 11.8 Å². The zero-order valence-electron chi connectivity index (χ0n) is 24.7. The van der Waals surface area contributed by atoms with E-state index in [1.54, 1.807) is 12.1 Å². The van der Waals surface area contributed by atoms with Gasteiger partial charge in [0.15, 0.2) is 5.78 Å². The van der Waals surface area contributed by atoms with E-state index in [1.807, 2.05) is 25.1 Å². The first kappa shape index (κ1) is 29.2. The fraction of sp³-hybridized carbons (Fsp3) is 0.417. The maximum Gasteiger partial charge on any atom is 0.229 e. The predicted molar refractivity (Wildman–Crippen MR) is 162 cm³/mol. The van der Waals surface area contributed by atoms with Crippen LogP contribution in [0.2, 0.25) is 0 Å². The van der Waals surface area contributed by atoms with Crippen LogP contribution in [0.15, 0.2) is 60.7 Å². The minimum atomic E-state index is -0.285. The monoisotopic (exact) mass is 582 g/mol. The number of ketones is 1. The Morgan fingerprint density at radius 1 is 0.884 bits per heavy atom. The number of aryl methyl sites for hydroxylation is 1. The average molecular weight is 583 g/mol. The van der Waals surface area contributed by atoms with Crippen LogP contribution in [-0.2, 0) is 29.2 Å². The number of hydrogen-bond donors (Lipinski definition) is 1. The van der Waals surface area contributed by atoms with Crippen LogP contribution < -0.4 is 10.1 Å². The Morgan fingerprint density at radius 3 is 2.37 bits per heavy atom. The summed E-state index contributed by atoms with van der Waals surface area (Å²) in [5.74, 6) is 0.104. The molecule has 1 aliphatic carbocycles. The number of Topliss-reactive ketones (excluding diaryl/α,β-unsaturated/α-hetero) is 1. The van der Waals surface area contributed by atoms with Crippen molar-refractivity contribution in [3.8, 4) is 5.75 Å². The predicted octanol–water partition coefficient (Wildman–Crippen LogP) is 6.28. The van der Waals surface area contributed by atoms with Crippen molar-refractivity contribution >= 4 is 17.6 Å². The quantitative estimate of drug-likeness (QED) is 0.317. The average Bonchev–Trinajstić information content (AvgIpc) is 2.99. The Balaban J connectivity index is 1.01. The van der Waals surface area contributed by atoms with Crippen molar-refractivity contribution in [3.63, 3.8) is 0 Å². The van der Waals surface area contributed by atoms with Crippen LogP contribution in [-0.4, -0.2) is 35.6 Å². The summed E-state index contributed by atoms with van der Waals surface area (Å²) in [5.41, 5.74) is 6.07. The van der Waals surface area contributed by atoms with E-state index in [0.717, 1.165) is 66.9 Å². The number of fused-ring (bicyclic) bond motifs is 1. The molecule has 2 heterocycles.